The summed E-state index contributed by atoms with van der Waals surface area (Å²) in [5.74, 6) is 4.97. The third-order valence-electron chi connectivity index (χ3n) is 2.14. The van der Waals surface area contributed by atoms with Crippen LogP contribution in [0.5, 0.6) is 0 Å². The van der Waals surface area contributed by atoms with E-state index in [1.807, 2.05) is 24.3 Å². The second kappa shape index (κ2) is 6.65. The molecule has 16 heavy (non-hydrogen) atoms. The minimum absolute atomic E-state index is 0.217. The van der Waals surface area contributed by atoms with Gasteiger partial charge in [-0.2, -0.15) is 0 Å². The number of carboxylic acids is 1. The lowest BCUT2D eigenvalue weighted by Gasteiger charge is -1.99. The smallest absolute Gasteiger partial charge is 0.303 e. The molecule has 0 fully saturated rings. The fourth-order valence-corrected chi connectivity index (χ4v) is 1.35. The van der Waals surface area contributed by atoms with Crippen LogP contribution in [0.2, 0.25) is 0 Å². The van der Waals surface area contributed by atoms with Gasteiger partial charge < -0.3 is 10.8 Å². The van der Waals surface area contributed by atoms with Crippen molar-refractivity contribution >= 4 is 5.97 Å². The monoisotopic (exact) mass is 217 g/mol. The Morgan fingerprint density at radius 1 is 1.31 bits per heavy atom. The maximum atomic E-state index is 10.3. The van der Waals surface area contributed by atoms with E-state index in [2.05, 4.69) is 11.8 Å². The third-order valence-corrected chi connectivity index (χ3v) is 2.14. The summed E-state index contributed by atoms with van der Waals surface area (Å²) in [5.41, 5.74) is 7.35. The molecule has 0 aliphatic heterocycles. The van der Waals surface area contributed by atoms with Crippen LogP contribution in [0.1, 0.15) is 24.0 Å². The number of aliphatic carboxylic acids is 1. The Balaban J connectivity index is 2.48. The van der Waals surface area contributed by atoms with E-state index in [-0.39, 0.29) is 6.42 Å². The molecule has 1 aromatic carbocycles. The summed E-state index contributed by atoms with van der Waals surface area (Å²) in [6, 6.07) is 7.81. The van der Waals surface area contributed by atoms with E-state index in [1.165, 1.54) is 0 Å². The van der Waals surface area contributed by atoms with Crippen LogP contribution in [0, 0.1) is 11.8 Å². The first kappa shape index (κ1) is 12.3. The summed E-state index contributed by atoms with van der Waals surface area (Å²) in [6.07, 6.45) is 1.68. The molecule has 0 saturated carbocycles. The molecular formula is C13H15NO2. The molecule has 0 heterocycles. The number of nitrogens with two attached hydrogens (primary N) is 1. The van der Waals surface area contributed by atoms with Crippen LogP contribution in [0.15, 0.2) is 24.3 Å². The van der Waals surface area contributed by atoms with Crippen molar-refractivity contribution in [2.45, 2.75) is 19.3 Å². The molecule has 3 nitrogen and oxygen atoms in total. The van der Waals surface area contributed by atoms with Gasteiger partial charge in [-0.25, -0.2) is 0 Å². The van der Waals surface area contributed by atoms with Crippen molar-refractivity contribution in [2.24, 2.45) is 5.73 Å². The largest absolute Gasteiger partial charge is 0.481 e. The van der Waals surface area contributed by atoms with Gasteiger partial charge in [-0.15, -0.1) is 0 Å². The summed E-state index contributed by atoms with van der Waals surface area (Å²) in [7, 11) is 0. The lowest BCUT2D eigenvalue weighted by molar-refractivity contribution is -0.137. The Morgan fingerprint density at radius 2 is 2.00 bits per heavy atom. The second-order valence-corrected chi connectivity index (χ2v) is 3.45. The number of aryl methyl sites for hydroxylation is 1. The van der Waals surface area contributed by atoms with Gasteiger partial charge in [0.1, 0.15) is 0 Å². The normalized spacial score (nSPS) is 9.31. The van der Waals surface area contributed by atoms with Crippen molar-refractivity contribution < 1.29 is 9.90 Å². The van der Waals surface area contributed by atoms with E-state index in [4.69, 9.17) is 10.8 Å². The topological polar surface area (TPSA) is 63.3 Å². The zero-order chi connectivity index (χ0) is 11.8. The van der Waals surface area contributed by atoms with E-state index in [1.54, 1.807) is 0 Å². The predicted octanol–water partition coefficient (Wildman–Crippen LogP) is 1.40. The summed E-state index contributed by atoms with van der Waals surface area (Å²) >= 11 is 0. The molecule has 84 valence electrons. The average molecular weight is 217 g/mol. The highest BCUT2D eigenvalue weighted by atomic mass is 16.4. The van der Waals surface area contributed by atoms with E-state index < -0.39 is 5.97 Å². The maximum Gasteiger partial charge on any atom is 0.303 e. The van der Waals surface area contributed by atoms with Gasteiger partial charge in [0.05, 0.1) is 6.54 Å². The van der Waals surface area contributed by atoms with Crippen LogP contribution in [0.4, 0.5) is 0 Å². The fraction of sp³-hybridized carbons (Fsp3) is 0.308. The first-order valence-electron chi connectivity index (χ1n) is 5.22. The van der Waals surface area contributed by atoms with Crippen molar-refractivity contribution in [3.8, 4) is 11.8 Å². The minimum atomic E-state index is -0.745. The Labute approximate surface area is 95.3 Å². The molecular weight excluding hydrogens is 202 g/mol. The summed E-state index contributed by atoms with van der Waals surface area (Å²) in [5, 5.41) is 8.50. The number of carboxylic acid groups (broad SMARTS) is 1. The van der Waals surface area contributed by atoms with Gasteiger partial charge in [-0.05, 0) is 30.5 Å². The SMILES string of the molecule is NCC#Cc1ccc(CCCC(=O)O)cc1. The summed E-state index contributed by atoms with van der Waals surface area (Å²) < 4.78 is 0. The Kier molecular flexibility index (Phi) is 5.10. The minimum Gasteiger partial charge on any atom is -0.481 e. The summed E-state index contributed by atoms with van der Waals surface area (Å²) in [6.45, 7) is 0.361. The van der Waals surface area contributed by atoms with Gasteiger partial charge in [-0.3, -0.25) is 4.79 Å². The van der Waals surface area contributed by atoms with E-state index in [0.717, 1.165) is 17.5 Å². The molecule has 0 saturated heterocycles. The van der Waals surface area contributed by atoms with Crippen molar-refractivity contribution in [1.29, 1.82) is 0 Å². The molecule has 0 unspecified atom stereocenters. The molecule has 1 rings (SSSR count). The van der Waals surface area contributed by atoms with Gasteiger partial charge in [0, 0.05) is 12.0 Å². The molecule has 0 spiro atoms. The molecule has 0 atom stereocenters. The maximum absolute atomic E-state index is 10.3. The first-order valence-corrected chi connectivity index (χ1v) is 5.22. The zero-order valence-electron chi connectivity index (χ0n) is 9.07. The number of carbonyl (C=O) groups is 1. The zero-order valence-corrected chi connectivity index (χ0v) is 9.07. The molecule has 3 heteroatoms. The van der Waals surface area contributed by atoms with Crippen molar-refractivity contribution in [3.63, 3.8) is 0 Å². The second-order valence-electron chi connectivity index (χ2n) is 3.45. The highest BCUT2D eigenvalue weighted by Crippen LogP contribution is 2.07. The van der Waals surface area contributed by atoms with Crippen LogP contribution in [0.25, 0.3) is 0 Å². The van der Waals surface area contributed by atoms with Crippen LogP contribution >= 0.6 is 0 Å². The molecule has 0 amide bonds. The lowest BCUT2D eigenvalue weighted by atomic mass is 10.1. The van der Waals surface area contributed by atoms with Crippen molar-refractivity contribution in [2.75, 3.05) is 6.54 Å². The molecule has 0 bridgehead atoms. The average Bonchev–Trinajstić information content (AvgIpc) is 2.27. The highest BCUT2D eigenvalue weighted by Gasteiger charge is 1.98. The van der Waals surface area contributed by atoms with Gasteiger partial charge in [-0.1, -0.05) is 24.0 Å². The van der Waals surface area contributed by atoms with E-state index >= 15 is 0 Å². The van der Waals surface area contributed by atoms with Crippen LogP contribution < -0.4 is 5.73 Å². The number of hydrogen-bond acceptors (Lipinski definition) is 2. The highest BCUT2D eigenvalue weighted by molar-refractivity contribution is 5.66. The molecule has 0 radical (unpaired) electrons. The molecule has 1 aromatic rings. The van der Waals surface area contributed by atoms with Crippen molar-refractivity contribution in [1.82, 2.24) is 0 Å². The molecule has 3 N–H and O–H groups in total. The van der Waals surface area contributed by atoms with Crippen molar-refractivity contribution in [3.05, 3.63) is 35.4 Å². The van der Waals surface area contributed by atoms with Gasteiger partial charge >= 0.3 is 5.97 Å². The summed E-state index contributed by atoms with van der Waals surface area (Å²) in [4.78, 5) is 10.3. The standard InChI is InChI=1S/C13H15NO2/c14-10-2-4-12-8-6-11(7-9-12)3-1-5-13(15)16/h6-9H,1,3,5,10,14H2,(H,15,16). The lowest BCUT2D eigenvalue weighted by Crippen LogP contribution is -1.96. The quantitative estimate of drug-likeness (QED) is 0.749. The van der Waals surface area contributed by atoms with E-state index in [9.17, 15) is 4.79 Å². The number of hydrogen-bond donors (Lipinski definition) is 2. The fourth-order valence-electron chi connectivity index (χ4n) is 1.35. The first-order chi connectivity index (χ1) is 7.72. The Hall–Kier alpha value is -1.79. The number of rotatable bonds is 4. The van der Waals surface area contributed by atoms with Gasteiger partial charge in [0.25, 0.3) is 0 Å². The molecule has 0 aromatic heterocycles. The van der Waals surface area contributed by atoms with E-state index in [0.29, 0.717) is 13.0 Å². The Bertz CT molecular complexity index is 398. The molecule has 0 aliphatic carbocycles. The third kappa shape index (κ3) is 4.63. The van der Waals surface area contributed by atoms with Crippen LogP contribution in [0.3, 0.4) is 0 Å². The number of benzene rings is 1. The van der Waals surface area contributed by atoms with Crippen LogP contribution in [-0.2, 0) is 11.2 Å². The van der Waals surface area contributed by atoms with Gasteiger partial charge in [0.15, 0.2) is 0 Å². The predicted molar refractivity (Wildman–Crippen MR) is 62.9 cm³/mol. The van der Waals surface area contributed by atoms with Gasteiger partial charge in [0.2, 0.25) is 0 Å². The van der Waals surface area contributed by atoms with Crippen LogP contribution in [-0.4, -0.2) is 17.6 Å². The molecule has 0 aliphatic rings. The Morgan fingerprint density at radius 3 is 2.56 bits per heavy atom.